The third-order valence-electron chi connectivity index (χ3n) is 4.48. The summed E-state index contributed by atoms with van der Waals surface area (Å²) in [6.45, 7) is 6.46. The lowest BCUT2D eigenvalue weighted by molar-refractivity contribution is 0.181. The van der Waals surface area contributed by atoms with E-state index in [4.69, 9.17) is 5.26 Å². The Bertz CT molecular complexity index is 869. The Kier molecular flexibility index (Phi) is 4.90. The molecular formula is C17H21N5O2S. The number of sulfonamides is 1. The molecule has 8 heteroatoms. The molecule has 1 aromatic carbocycles. The van der Waals surface area contributed by atoms with Crippen molar-refractivity contribution in [3.63, 3.8) is 0 Å². The van der Waals surface area contributed by atoms with Gasteiger partial charge in [0.05, 0.1) is 23.0 Å². The monoisotopic (exact) mass is 359 g/mol. The van der Waals surface area contributed by atoms with Crippen molar-refractivity contribution in [2.24, 2.45) is 0 Å². The standard InChI is InChI=1S/C17H21N5O2S/c1-13-17(14(2)20-19-13)25(23,24)22-9-7-21(8-10-22)12-16-5-3-15(11-18)4-6-16/h3-6H,7-10,12H2,1-2H3,(H,19,20). The number of nitrogens with one attached hydrogen (secondary N) is 1. The lowest BCUT2D eigenvalue weighted by Gasteiger charge is -2.34. The SMILES string of the molecule is Cc1n[nH]c(C)c1S(=O)(=O)N1CCN(Cc2ccc(C#N)cc2)CC1. The number of aromatic nitrogens is 2. The third kappa shape index (κ3) is 3.58. The summed E-state index contributed by atoms with van der Waals surface area (Å²) in [4.78, 5) is 2.52. The van der Waals surface area contributed by atoms with Crippen molar-refractivity contribution in [2.75, 3.05) is 26.2 Å². The molecule has 0 unspecified atom stereocenters. The number of nitriles is 1. The number of benzene rings is 1. The van der Waals surface area contributed by atoms with Crippen LogP contribution in [0.5, 0.6) is 0 Å². The Morgan fingerprint density at radius 2 is 1.80 bits per heavy atom. The van der Waals surface area contributed by atoms with E-state index in [0.717, 1.165) is 12.1 Å². The lowest BCUT2D eigenvalue weighted by Crippen LogP contribution is -2.48. The average molecular weight is 359 g/mol. The van der Waals surface area contributed by atoms with Crippen LogP contribution >= 0.6 is 0 Å². The van der Waals surface area contributed by atoms with Crippen LogP contribution in [0.15, 0.2) is 29.2 Å². The summed E-state index contributed by atoms with van der Waals surface area (Å²) in [5.41, 5.74) is 2.86. The predicted molar refractivity (Wildman–Crippen MR) is 93.3 cm³/mol. The van der Waals surface area contributed by atoms with E-state index >= 15 is 0 Å². The van der Waals surface area contributed by atoms with Gasteiger partial charge in [0.25, 0.3) is 0 Å². The molecule has 1 saturated heterocycles. The maximum absolute atomic E-state index is 12.8. The second-order valence-electron chi connectivity index (χ2n) is 6.25. The van der Waals surface area contributed by atoms with Crippen LogP contribution < -0.4 is 0 Å². The molecule has 2 aromatic rings. The summed E-state index contributed by atoms with van der Waals surface area (Å²) in [5, 5.41) is 15.6. The molecule has 1 aliphatic rings. The van der Waals surface area contributed by atoms with Gasteiger partial charge in [-0.05, 0) is 31.5 Å². The quantitative estimate of drug-likeness (QED) is 0.891. The predicted octanol–water partition coefficient (Wildman–Crippen LogP) is 1.40. The first-order chi connectivity index (χ1) is 11.9. The minimum absolute atomic E-state index is 0.299. The summed E-state index contributed by atoms with van der Waals surface area (Å²) in [7, 11) is -3.51. The van der Waals surface area contributed by atoms with Gasteiger partial charge in [-0.3, -0.25) is 10.00 Å². The fourth-order valence-electron chi connectivity index (χ4n) is 3.12. The highest BCUT2D eigenvalue weighted by Crippen LogP contribution is 2.23. The van der Waals surface area contributed by atoms with Gasteiger partial charge in [0.15, 0.2) is 0 Å². The van der Waals surface area contributed by atoms with E-state index in [2.05, 4.69) is 21.2 Å². The second kappa shape index (κ2) is 6.96. The summed E-state index contributed by atoms with van der Waals surface area (Å²) in [6, 6.07) is 9.61. The minimum atomic E-state index is -3.51. The average Bonchev–Trinajstić information content (AvgIpc) is 2.95. The fourth-order valence-corrected chi connectivity index (χ4v) is 4.87. The van der Waals surface area contributed by atoms with Crippen LogP contribution in [-0.2, 0) is 16.6 Å². The molecule has 1 aromatic heterocycles. The second-order valence-corrected chi connectivity index (χ2v) is 8.13. The number of hydrogen-bond donors (Lipinski definition) is 1. The van der Waals surface area contributed by atoms with Gasteiger partial charge in [-0.1, -0.05) is 12.1 Å². The largest absolute Gasteiger partial charge is 0.296 e. The van der Waals surface area contributed by atoms with E-state index in [1.165, 1.54) is 4.31 Å². The van der Waals surface area contributed by atoms with Crippen molar-refractivity contribution >= 4 is 10.0 Å². The first kappa shape index (κ1) is 17.6. The molecule has 0 atom stereocenters. The van der Waals surface area contributed by atoms with Gasteiger partial charge in [0, 0.05) is 32.7 Å². The van der Waals surface area contributed by atoms with Crippen LogP contribution in [0, 0.1) is 25.2 Å². The molecule has 1 fully saturated rings. The van der Waals surface area contributed by atoms with Crippen LogP contribution in [-0.4, -0.2) is 54.0 Å². The topological polar surface area (TPSA) is 93.1 Å². The Hall–Kier alpha value is -2.21. The third-order valence-corrected chi connectivity index (χ3v) is 6.64. The van der Waals surface area contributed by atoms with Gasteiger partial charge in [-0.15, -0.1) is 0 Å². The Labute approximate surface area is 147 Å². The molecule has 0 aliphatic carbocycles. The number of aryl methyl sites for hydroxylation is 2. The molecule has 25 heavy (non-hydrogen) atoms. The normalized spacial score (nSPS) is 16.7. The lowest BCUT2D eigenvalue weighted by atomic mass is 10.1. The van der Waals surface area contributed by atoms with Gasteiger partial charge in [0.2, 0.25) is 10.0 Å². The van der Waals surface area contributed by atoms with Gasteiger partial charge in [-0.25, -0.2) is 8.42 Å². The molecule has 0 radical (unpaired) electrons. The first-order valence-corrected chi connectivity index (χ1v) is 9.59. The van der Waals surface area contributed by atoms with E-state index in [0.29, 0.717) is 48.0 Å². The van der Waals surface area contributed by atoms with E-state index < -0.39 is 10.0 Å². The van der Waals surface area contributed by atoms with Crippen molar-refractivity contribution in [1.82, 2.24) is 19.4 Å². The van der Waals surface area contributed by atoms with E-state index in [1.54, 1.807) is 26.0 Å². The van der Waals surface area contributed by atoms with Crippen molar-refractivity contribution in [2.45, 2.75) is 25.3 Å². The van der Waals surface area contributed by atoms with Crippen molar-refractivity contribution in [1.29, 1.82) is 5.26 Å². The Morgan fingerprint density at radius 1 is 1.16 bits per heavy atom. The minimum Gasteiger partial charge on any atom is -0.296 e. The highest BCUT2D eigenvalue weighted by atomic mass is 32.2. The zero-order valence-electron chi connectivity index (χ0n) is 14.4. The Morgan fingerprint density at radius 3 is 2.32 bits per heavy atom. The van der Waals surface area contributed by atoms with E-state index in [1.807, 2.05) is 12.1 Å². The molecule has 7 nitrogen and oxygen atoms in total. The molecule has 0 saturated carbocycles. The molecular weight excluding hydrogens is 338 g/mol. The number of H-pyrrole nitrogens is 1. The van der Waals surface area contributed by atoms with Crippen LogP contribution in [0.1, 0.15) is 22.5 Å². The summed E-state index contributed by atoms with van der Waals surface area (Å²) in [6.07, 6.45) is 0. The van der Waals surface area contributed by atoms with Crippen LogP contribution in [0.3, 0.4) is 0 Å². The molecule has 3 rings (SSSR count). The molecule has 0 spiro atoms. The van der Waals surface area contributed by atoms with Crippen LogP contribution in [0.2, 0.25) is 0 Å². The number of nitrogens with zero attached hydrogens (tertiary/aromatic N) is 4. The zero-order valence-corrected chi connectivity index (χ0v) is 15.2. The Balaban J connectivity index is 1.64. The van der Waals surface area contributed by atoms with Gasteiger partial charge < -0.3 is 0 Å². The van der Waals surface area contributed by atoms with Crippen molar-refractivity contribution < 1.29 is 8.42 Å². The molecule has 1 N–H and O–H groups in total. The summed E-state index contributed by atoms with van der Waals surface area (Å²) >= 11 is 0. The van der Waals surface area contributed by atoms with Gasteiger partial charge >= 0.3 is 0 Å². The first-order valence-electron chi connectivity index (χ1n) is 8.15. The summed E-state index contributed by atoms with van der Waals surface area (Å²) in [5.74, 6) is 0. The van der Waals surface area contributed by atoms with Crippen molar-refractivity contribution in [3.05, 3.63) is 46.8 Å². The molecule has 2 heterocycles. The zero-order chi connectivity index (χ0) is 18.0. The smallest absolute Gasteiger partial charge is 0.246 e. The van der Waals surface area contributed by atoms with E-state index in [-0.39, 0.29) is 0 Å². The number of rotatable bonds is 4. The molecule has 0 amide bonds. The number of hydrogen-bond acceptors (Lipinski definition) is 5. The van der Waals surface area contributed by atoms with Crippen LogP contribution in [0.25, 0.3) is 0 Å². The fraction of sp³-hybridized carbons (Fsp3) is 0.412. The van der Waals surface area contributed by atoms with Crippen molar-refractivity contribution in [3.8, 4) is 6.07 Å². The highest BCUT2D eigenvalue weighted by molar-refractivity contribution is 7.89. The van der Waals surface area contributed by atoms with Gasteiger partial charge in [-0.2, -0.15) is 14.7 Å². The molecule has 1 aliphatic heterocycles. The molecule has 132 valence electrons. The number of piperazine rings is 1. The molecule has 0 bridgehead atoms. The maximum atomic E-state index is 12.8. The van der Waals surface area contributed by atoms with Gasteiger partial charge in [0.1, 0.15) is 4.90 Å². The summed E-state index contributed by atoms with van der Waals surface area (Å²) < 4.78 is 27.2. The van der Waals surface area contributed by atoms with Crippen LogP contribution in [0.4, 0.5) is 0 Å². The maximum Gasteiger partial charge on any atom is 0.246 e. The number of aromatic amines is 1. The van der Waals surface area contributed by atoms with E-state index in [9.17, 15) is 8.42 Å². The highest BCUT2D eigenvalue weighted by Gasteiger charge is 2.32.